The zero-order valence-electron chi connectivity index (χ0n) is 4.78. The van der Waals surface area contributed by atoms with Crippen molar-refractivity contribution < 1.29 is 13.2 Å². The minimum absolute atomic E-state index is 0.0610. The predicted molar refractivity (Wildman–Crippen MR) is 29.1 cm³/mol. The fraction of sp³-hybridized carbons (Fsp3) is 0.600. The van der Waals surface area contributed by atoms with Crippen molar-refractivity contribution in [2.24, 2.45) is 0 Å². The van der Waals surface area contributed by atoms with Crippen LogP contribution in [0.25, 0.3) is 0 Å². The average Bonchev–Trinajstić information content (AvgIpc) is 1.82. The third-order valence-electron chi connectivity index (χ3n) is 0.678. The molecule has 1 unspecified atom stereocenters. The van der Waals surface area contributed by atoms with Crippen LogP contribution in [0.3, 0.4) is 0 Å². The summed E-state index contributed by atoms with van der Waals surface area (Å²) in [6.45, 7) is 3.28. The van der Waals surface area contributed by atoms with Gasteiger partial charge in [0, 0.05) is 6.54 Å². The van der Waals surface area contributed by atoms with E-state index < -0.39 is 12.7 Å². The van der Waals surface area contributed by atoms with Gasteiger partial charge in [-0.05, 0) is 0 Å². The van der Waals surface area contributed by atoms with Gasteiger partial charge >= 0.3 is 0 Å². The van der Waals surface area contributed by atoms with Crippen LogP contribution >= 0.6 is 0 Å². The molecule has 0 fully saturated rings. The van der Waals surface area contributed by atoms with Crippen LogP contribution < -0.4 is 5.32 Å². The Kier molecular flexibility index (Phi) is 4.13. The van der Waals surface area contributed by atoms with Crippen LogP contribution in [0, 0.1) is 0 Å². The first kappa shape index (κ1) is 8.49. The summed E-state index contributed by atoms with van der Waals surface area (Å²) in [5.74, 6) is 0. The van der Waals surface area contributed by atoms with Crippen molar-refractivity contribution in [1.82, 2.24) is 5.32 Å². The van der Waals surface area contributed by atoms with Gasteiger partial charge in [-0.15, -0.1) is 6.58 Å². The van der Waals surface area contributed by atoms with Gasteiger partial charge < -0.3 is 0 Å². The highest BCUT2D eigenvalue weighted by molar-refractivity contribution is 4.71. The van der Waals surface area contributed by atoms with Crippen LogP contribution in [0.1, 0.15) is 0 Å². The Morgan fingerprint density at radius 1 is 1.44 bits per heavy atom. The molecule has 0 saturated heterocycles. The highest BCUT2D eigenvalue weighted by Crippen LogP contribution is 2.00. The second-order valence-electron chi connectivity index (χ2n) is 1.43. The topological polar surface area (TPSA) is 12.0 Å². The molecule has 0 heterocycles. The Balaban J connectivity index is 3.26. The number of nitrogens with one attached hydrogen (secondary N) is 1. The third-order valence-corrected chi connectivity index (χ3v) is 0.678. The molecule has 0 bridgehead atoms. The van der Waals surface area contributed by atoms with E-state index in [0.29, 0.717) is 0 Å². The van der Waals surface area contributed by atoms with E-state index in [-0.39, 0.29) is 6.54 Å². The molecule has 9 heavy (non-hydrogen) atoms. The first-order chi connectivity index (χ1) is 4.18. The molecule has 0 spiro atoms. The predicted octanol–water partition coefficient (Wildman–Crippen LogP) is 1.32. The maximum atomic E-state index is 11.8. The summed E-state index contributed by atoms with van der Waals surface area (Å²) >= 11 is 0. The second kappa shape index (κ2) is 4.38. The van der Waals surface area contributed by atoms with Crippen molar-refractivity contribution in [3.05, 3.63) is 12.7 Å². The molecule has 0 aromatic heterocycles. The molecule has 0 aromatic carbocycles. The molecule has 0 aromatic rings. The first-order valence-corrected chi connectivity index (χ1v) is 2.45. The lowest BCUT2D eigenvalue weighted by Gasteiger charge is -2.05. The van der Waals surface area contributed by atoms with E-state index in [4.69, 9.17) is 0 Å². The SMILES string of the molecule is C=CCNC(F)C(F)F. The van der Waals surface area contributed by atoms with Crippen LogP contribution in [0.4, 0.5) is 13.2 Å². The summed E-state index contributed by atoms with van der Waals surface area (Å²) in [5, 5.41) is 1.90. The third kappa shape index (κ3) is 4.02. The van der Waals surface area contributed by atoms with Gasteiger partial charge in [0.25, 0.3) is 6.43 Å². The highest BCUT2D eigenvalue weighted by Gasteiger charge is 2.16. The Bertz CT molecular complexity index is 84.3. The molecule has 4 heteroatoms. The Morgan fingerprint density at radius 2 is 2.00 bits per heavy atom. The van der Waals surface area contributed by atoms with Crippen LogP contribution in [-0.4, -0.2) is 19.3 Å². The van der Waals surface area contributed by atoms with E-state index in [1.165, 1.54) is 6.08 Å². The number of halogens is 3. The van der Waals surface area contributed by atoms with Crippen LogP contribution in [0.15, 0.2) is 12.7 Å². The minimum atomic E-state index is -2.95. The van der Waals surface area contributed by atoms with Crippen molar-refractivity contribution in [3.8, 4) is 0 Å². The van der Waals surface area contributed by atoms with Crippen molar-refractivity contribution in [1.29, 1.82) is 0 Å². The summed E-state index contributed by atoms with van der Waals surface area (Å²) in [5.41, 5.74) is 0. The van der Waals surface area contributed by atoms with Gasteiger partial charge in [0.05, 0.1) is 0 Å². The maximum absolute atomic E-state index is 11.8. The van der Waals surface area contributed by atoms with Gasteiger partial charge in [0.1, 0.15) is 0 Å². The first-order valence-electron chi connectivity index (χ1n) is 2.45. The molecule has 1 atom stereocenters. The normalized spacial score (nSPS) is 13.8. The Morgan fingerprint density at radius 3 is 2.33 bits per heavy atom. The van der Waals surface area contributed by atoms with E-state index >= 15 is 0 Å². The minimum Gasteiger partial charge on any atom is -0.279 e. The fourth-order valence-electron chi connectivity index (χ4n) is 0.285. The summed E-state index contributed by atoms with van der Waals surface area (Å²) in [4.78, 5) is 0. The largest absolute Gasteiger partial charge is 0.282 e. The fourth-order valence-corrected chi connectivity index (χ4v) is 0.285. The van der Waals surface area contributed by atoms with Crippen LogP contribution in [0.2, 0.25) is 0 Å². The Hall–Kier alpha value is -0.510. The van der Waals surface area contributed by atoms with Crippen LogP contribution in [0.5, 0.6) is 0 Å². The maximum Gasteiger partial charge on any atom is 0.282 e. The van der Waals surface area contributed by atoms with E-state index in [9.17, 15) is 13.2 Å². The summed E-state index contributed by atoms with van der Waals surface area (Å²) in [7, 11) is 0. The number of rotatable bonds is 4. The zero-order chi connectivity index (χ0) is 7.28. The van der Waals surface area contributed by atoms with Gasteiger partial charge in [-0.25, -0.2) is 13.2 Å². The molecule has 1 nitrogen and oxygen atoms in total. The zero-order valence-corrected chi connectivity index (χ0v) is 4.78. The Labute approximate surface area is 51.6 Å². The van der Waals surface area contributed by atoms with E-state index in [2.05, 4.69) is 6.58 Å². The molecule has 0 aliphatic carbocycles. The van der Waals surface area contributed by atoms with E-state index in [1.807, 2.05) is 5.32 Å². The summed E-state index contributed by atoms with van der Waals surface area (Å²) in [6.07, 6.45) is -3.87. The van der Waals surface area contributed by atoms with Crippen LogP contribution in [-0.2, 0) is 0 Å². The molecule has 54 valence electrons. The molecule has 0 aliphatic rings. The lowest BCUT2D eigenvalue weighted by atomic mass is 10.5. The molecular formula is C5H8F3N. The number of hydrogen-bond acceptors (Lipinski definition) is 1. The second-order valence-corrected chi connectivity index (χ2v) is 1.43. The van der Waals surface area contributed by atoms with Crippen molar-refractivity contribution in [2.45, 2.75) is 12.7 Å². The molecule has 1 N–H and O–H groups in total. The molecular weight excluding hydrogens is 131 g/mol. The quantitative estimate of drug-likeness (QED) is 0.457. The van der Waals surface area contributed by atoms with Gasteiger partial charge in [-0.3, -0.25) is 5.32 Å². The van der Waals surface area contributed by atoms with Gasteiger partial charge in [-0.1, -0.05) is 6.08 Å². The van der Waals surface area contributed by atoms with Crippen molar-refractivity contribution in [2.75, 3.05) is 6.54 Å². The number of hydrogen-bond donors (Lipinski definition) is 1. The summed E-state index contributed by atoms with van der Waals surface area (Å²) < 4.78 is 34.4. The van der Waals surface area contributed by atoms with Crippen molar-refractivity contribution >= 4 is 0 Å². The lowest BCUT2D eigenvalue weighted by Crippen LogP contribution is -2.31. The highest BCUT2D eigenvalue weighted by atomic mass is 19.3. The molecule has 0 aliphatic heterocycles. The summed E-state index contributed by atoms with van der Waals surface area (Å²) in [6, 6.07) is 0. The van der Waals surface area contributed by atoms with Crippen molar-refractivity contribution in [3.63, 3.8) is 0 Å². The average molecular weight is 139 g/mol. The molecule has 0 amide bonds. The molecule has 0 rings (SSSR count). The molecule has 0 saturated carbocycles. The monoisotopic (exact) mass is 139 g/mol. The van der Waals surface area contributed by atoms with Gasteiger partial charge in [0.15, 0.2) is 0 Å². The van der Waals surface area contributed by atoms with E-state index in [1.54, 1.807) is 0 Å². The standard InChI is InChI=1S/C5H8F3N/c1-2-3-9-5(8)4(6)7/h2,4-5,9H,1,3H2. The van der Waals surface area contributed by atoms with Gasteiger partial charge in [0.2, 0.25) is 6.30 Å². The molecule has 0 radical (unpaired) electrons. The van der Waals surface area contributed by atoms with E-state index in [0.717, 1.165) is 0 Å². The lowest BCUT2D eigenvalue weighted by molar-refractivity contribution is 0.0330. The smallest absolute Gasteiger partial charge is 0.279 e. The van der Waals surface area contributed by atoms with Gasteiger partial charge in [-0.2, -0.15) is 0 Å². The number of alkyl halides is 3.